The normalized spacial score (nSPS) is 11.8. The zero-order chi connectivity index (χ0) is 17.1. The molecular weight excluding hydrogens is 306 g/mol. The van der Waals surface area contributed by atoms with Crippen LogP contribution in [0.15, 0.2) is 12.4 Å². The molecule has 2 aromatic heterocycles. The lowest BCUT2D eigenvalue weighted by molar-refractivity contribution is 0.0694. The third kappa shape index (κ3) is 3.77. The molecule has 0 aliphatic heterocycles. The Hall–Kier alpha value is -2.64. The molecule has 1 N–H and O–H groups in total. The summed E-state index contributed by atoms with van der Waals surface area (Å²) in [5, 5.41) is 12.8. The molecule has 122 valence electrons. The van der Waals surface area contributed by atoms with E-state index >= 15 is 0 Å². The van der Waals surface area contributed by atoms with Crippen LogP contribution in [0.3, 0.4) is 0 Å². The van der Waals surface area contributed by atoms with E-state index in [0.29, 0.717) is 5.69 Å². The van der Waals surface area contributed by atoms with Crippen LogP contribution in [0.25, 0.3) is 12.2 Å². The summed E-state index contributed by atoms with van der Waals surface area (Å²) in [6.45, 7) is 3.64. The molecule has 0 atom stereocenters. The number of aromatic carboxylic acids is 1. The molecule has 0 aromatic carbocycles. The van der Waals surface area contributed by atoms with Crippen LogP contribution in [-0.2, 0) is 7.05 Å². The van der Waals surface area contributed by atoms with E-state index in [4.69, 9.17) is 5.11 Å². The van der Waals surface area contributed by atoms with Crippen molar-refractivity contribution < 1.29 is 18.7 Å². The van der Waals surface area contributed by atoms with Gasteiger partial charge in [-0.05, 0) is 18.1 Å². The summed E-state index contributed by atoms with van der Waals surface area (Å²) in [7, 11) is 1.55. The van der Waals surface area contributed by atoms with Crippen LogP contribution in [0, 0.1) is 0 Å². The number of hydrogen-bond acceptors (Lipinski definition) is 4. The largest absolute Gasteiger partial charge is 0.478 e. The summed E-state index contributed by atoms with van der Waals surface area (Å²) in [5.74, 6) is -0.953. The SMILES string of the molecule is CC(C)c1nc(/C=C/c2cn(C)nc2C(F)F)ncc1C(=O)O. The molecule has 0 saturated carbocycles. The Kier molecular flexibility index (Phi) is 4.83. The number of aryl methyl sites for hydroxylation is 1. The maximum absolute atomic E-state index is 12.9. The first-order valence-corrected chi connectivity index (χ1v) is 6.89. The van der Waals surface area contributed by atoms with Gasteiger partial charge in [0.05, 0.1) is 11.3 Å². The highest BCUT2D eigenvalue weighted by Crippen LogP contribution is 2.23. The smallest absolute Gasteiger partial charge is 0.339 e. The Morgan fingerprint density at radius 1 is 1.30 bits per heavy atom. The molecule has 8 heteroatoms. The predicted molar refractivity (Wildman–Crippen MR) is 80.2 cm³/mol. The summed E-state index contributed by atoms with van der Waals surface area (Å²) >= 11 is 0. The van der Waals surface area contributed by atoms with E-state index in [1.54, 1.807) is 7.05 Å². The molecule has 2 rings (SSSR count). The molecule has 0 spiro atoms. The van der Waals surface area contributed by atoms with Crippen molar-refractivity contribution in [3.63, 3.8) is 0 Å². The van der Waals surface area contributed by atoms with Gasteiger partial charge in [0, 0.05) is 25.0 Å². The van der Waals surface area contributed by atoms with E-state index in [0.717, 1.165) is 0 Å². The van der Waals surface area contributed by atoms with Crippen molar-refractivity contribution in [3.8, 4) is 0 Å². The van der Waals surface area contributed by atoms with E-state index in [1.807, 2.05) is 13.8 Å². The Balaban J connectivity index is 2.37. The Morgan fingerprint density at radius 3 is 2.57 bits per heavy atom. The lowest BCUT2D eigenvalue weighted by atomic mass is 10.1. The van der Waals surface area contributed by atoms with Crippen molar-refractivity contribution in [1.82, 2.24) is 19.7 Å². The van der Waals surface area contributed by atoms with Crippen LogP contribution in [0.5, 0.6) is 0 Å². The molecule has 6 nitrogen and oxygen atoms in total. The second-order valence-electron chi connectivity index (χ2n) is 5.26. The van der Waals surface area contributed by atoms with Gasteiger partial charge in [0.25, 0.3) is 6.43 Å². The van der Waals surface area contributed by atoms with Crippen molar-refractivity contribution >= 4 is 18.1 Å². The second-order valence-corrected chi connectivity index (χ2v) is 5.26. The number of carbonyl (C=O) groups is 1. The van der Waals surface area contributed by atoms with Gasteiger partial charge in [0.1, 0.15) is 5.69 Å². The van der Waals surface area contributed by atoms with Crippen molar-refractivity contribution in [3.05, 3.63) is 40.7 Å². The van der Waals surface area contributed by atoms with Crippen LogP contribution in [0.4, 0.5) is 8.78 Å². The van der Waals surface area contributed by atoms with E-state index in [1.165, 1.54) is 29.2 Å². The maximum Gasteiger partial charge on any atom is 0.339 e. The van der Waals surface area contributed by atoms with Crippen LogP contribution in [-0.4, -0.2) is 30.8 Å². The third-order valence-corrected chi connectivity index (χ3v) is 3.12. The van der Waals surface area contributed by atoms with Gasteiger partial charge < -0.3 is 5.11 Å². The van der Waals surface area contributed by atoms with Crippen molar-refractivity contribution in [2.75, 3.05) is 0 Å². The van der Waals surface area contributed by atoms with Crippen molar-refractivity contribution in [1.29, 1.82) is 0 Å². The molecule has 0 saturated heterocycles. The number of carboxylic acids is 1. The van der Waals surface area contributed by atoms with Crippen LogP contribution < -0.4 is 0 Å². The summed E-state index contributed by atoms with van der Waals surface area (Å²) in [4.78, 5) is 19.3. The van der Waals surface area contributed by atoms with Gasteiger partial charge in [0.2, 0.25) is 0 Å². The van der Waals surface area contributed by atoms with Gasteiger partial charge in [-0.25, -0.2) is 23.5 Å². The minimum absolute atomic E-state index is 0.0341. The molecule has 0 aliphatic carbocycles. The van der Waals surface area contributed by atoms with E-state index in [2.05, 4.69) is 15.1 Å². The van der Waals surface area contributed by atoms with Gasteiger partial charge >= 0.3 is 5.97 Å². The highest BCUT2D eigenvalue weighted by molar-refractivity contribution is 5.88. The maximum atomic E-state index is 12.9. The lowest BCUT2D eigenvalue weighted by Crippen LogP contribution is -2.08. The number of alkyl halides is 2. The van der Waals surface area contributed by atoms with Gasteiger partial charge in [-0.3, -0.25) is 4.68 Å². The highest BCUT2D eigenvalue weighted by Gasteiger charge is 2.17. The first-order chi connectivity index (χ1) is 10.8. The fourth-order valence-electron chi connectivity index (χ4n) is 2.08. The number of carboxylic acid groups (broad SMARTS) is 1. The molecule has 23 heavy (non-hydrogen) atoms. The van der Waals surface area contributed by atoms with Crippen LogP contribution in [0.2, 0.25) is 0 Å². The third-order valence-electron chi connectivity index (χ3n) is 3.12. The number of nitrogens with zero attached hydrogens (tertiary/aromatic N) is 4. The quantitative estimate of drug-likeness (QED) is 0.914. The number of rotatable bonds is 5. The predicted octanol–water partition coefficient (Wildman–Crippen LogP) is 3.14. The zero-order valence-electron chi connectivity index (χ0n) is 12.9. The van der Waals surface area contributed by atoms with Crippen LogP contribution in [0.1, 0.15) is 59.3 Å². The van der Waals surface area contributed by atoms with E-state index < -0.39 is 12.4 Å². The van der Waals surface area contributed by atoms with Crippen molar-refractivity contribution in [2.45, 2.75) is 26.2 Å². The van der Waals surface area contributed by atoms with E-state index in [9.17, 15) is 13.6 Å². The summed E-state index contributed by atoms with van der Waals surface area (Å²) in [6.07, 6.45) is 2.90. The van der Waals surface area contributed by atoms with Crippen LogP contribution >= 0.6 is 0 Å². The van der Waals surface area contributed by atoms with Gasteiger partial charge in [-0.2, -0.15) is 5.10 Å². The first-order valence-electron chi connectivity index (χ1n) is 6.89. The Bertz CT molecular complexity index is 754. The number of hydrogen-bond donors (Lipinski definition) is 1. The monoisotopic (exact) mass is 322 g/mol. The van der Waals surface area contributed by atoms with Crippen molar-refractivity contribution in [2.24, 2.45) is 7.05 Å². The summed E-state index contributed by atoms with van der Waals surface area (Å²) in [6, 6.07) is 0. The molecule has 0 aliphatic rings. The summed E-state index contributed by atoms with van der Waals surface area (Å²) < 4.78 is 27.0. The minimum atomic E-state index is -2.68. The Morgan fingerprint density at radius 2 is 2.00 bits per heavy atom. The highest BCUT2D eigenvalue weighted by atomic mass is 19.3. The number of aromatic nitrogens is 4. The van der Waals surface area contributed by atoms with E-state index in [-0.39, 0.29) is 28.6 Å². The first kappa shape index (κ1) is 16.7. The fraction of sp³-hybridized carbons (Fsp3) is 0.333. The second kappa shape index (κ2) is 6.64. The standard InChI is InChI=1S/C15H16F2N4O2/c1-8(2)12-10(15(22)23)6-18-11(19-12)5-4-9-7-21(3)20-13(9)14(16)17/h4-8,14H,1-3H3,(H,22,23)/b5-4+. The minimum Gasteiger partial charge on any atom is -0.478 e. The molecule has 0 fully saturated rings. The zero-order valence-corrected chi connectivity index (χ0v) is 12.9. The molecule has 2 aromatic rings. The molecule has 0 radical (unpaired) electrons. The molecule has 2 heterocycles. The lowest BCUT2D eigenvalue weighted by Gasteiger charge is -2.08. The average molecular weight is 322 g/mol. The Labute approximate surface area is 131 Å². The van der Waals surface area contributed by atoms with Gasteiger partial charge in [-0.1, -0.05) is 13.8 Å². The van der Waals surface area contributed by atoms with Gasteiger partial charge in [0.15, 0.2) is 5.82 Å². The topological polar surface area (TPSA) is 80.9 Å². The fourth-order valence-corrected chi connectivity index (χ4v) is 2.08. The molecule has 0 amide bonds. The summed E-state index contributed by atoms with van der Waals surface area (Å²) in [5.41, 5.74) is 0.369. The molecule has 0 bridgehead atoms. The van der Waals surface area contributed by atoms with Gasteiger partial charge in [-0.15, -0.1) is 0 Å². The average Bonchev–Trinajstić information content (AvgIpc) is 2.86. The number of halogens is 2. The molecular formula is C15H16F2N4O2. The molecule has 0 unspecified atom stereocenters.